The van der Waals surface area contributed by atoms with Crippen LogP contribution in [0.2, 0.25) is 0 Å². The van der Waals surface area contributed by atoms with Crippen molar-refractivity contribution in [3.05, 3.63) is 72.4 Å². The molecule has 3 aromatic rings. The van der Waals surface area contributed by atoms with Gasteiger partial charge < -0.3 is 9.88 Å². The van der Waals surface area contributed by atoms with Crippen molar-refractivity contribution < 1.29 is 9.59 Å². The number of fused-ring (bicyclic) bond motifs is 1. The number of rotatable bonds is 7. The molecule has 0 aliphatic heterocycles. The smallest absolute Gasteiger partial charge is 0.220 e. The molecule has 24 heavy (non-hydrogen) atoms. The van der Waals surface area contributed by atoms with Crippen LogP contribution < -0.4 is 5.32 Å². The lowest BCUT2D eigenvalue weighted by Crippen LogP contribution is -2.27. The number of nitrogens with zero attached hydrogens (tertiary/aromatic N) is 1. The van der Waals surface area contributed by atoms with Gasteiger partial charge in [-0.25, -0.2) is 0 Å². The molecule has 4 nitrogen and oxygen atoms in total. The van der Waals surface area contributed by atoms with Crippen molar-refractivity contribution >= 4 is 22.6 Å². The first-order valence-corrected chi connectivity index (χ1v) is 8.13. The molecule has 1 N–H and O–H groups in total. The molecule has 4 heteroatoms. The first-order valence-electron chi connectivity index (χ1n) is 8.13. The van der Waals surface area contributed by atoms with Crippen LogP contribution >= 0.6 is 0 Å². The molecule has 3 rings (SSSR count). The van der Waals surface area contributed by atoms with E-state index < -0.39 is 0 Å². The van der Waals surface area contributed by atoms with E-state index in [0.29, 0.717) is 18.7 Å². The summed E-state index contributed by atoms with van der Waals surface area (Å²) in [6, 6.07) is 19.3. The average Bonchev–Trinajstić information content (AvgIpc) is 3.04. The van der Waals surface area contributed by atoms with Crippen LogP contribution in [0.15, 0.2) is 66.9 Å². The van der Waals surface area contributed by atoms with E-state index in [0.717, 1.165) is 5.52 Å². The van der Waals surface area contributed by atoms with E-state index in [-0.39, 0.29) is 24.5 Å². The molecule has 0 aliphatic carbocycles. The second-order valence-electron chi connectivity index (χ2n) is 5.71. The number of hydrogen-bond donors (Lipinski definition) is 1. The molecule has 122 valence electrons. The Morgan fingerprint density at radius 3 is 2.46 bits per heavy atom. The Balaban J connectivity index is 1.44. The van der Waals surface area contributed by atoms with Gasteiger partial charge >= 0.3 is 0 Å². The van der Waals surface area contributed by atoms with Crippen LogP contribution in [0, 0.1) is 0 Å². The Labute approximate surface area is 141 Å². The second kappa shape index (κ2) is 7.59. The van der Waals surface area contributed by atoms with E-state index in [4.69, 9.17) is 0 Å². The molecule has 0 atom stereocenters. The van der Waals surface area contributed by atoms with Gasteiger partial charge in [0, 0.05) is 43.2 Å². The van der Waals surface area contributed by atoms with Crippen molar-refractivity contribution in [3.63, 3.8) is 0 Å². The van der Waals surface area contributed by atoms with Crippen molar-refractivity contribution in [2.24, 2.45) is 0 Å². The number of ketones is 1. The lowest BCUT2D eigenvalue weighted by Gasteiger charge is -2.07. The fourth-order valence-electron chi connectivity index (χ4n) is 2.74. The minimum absolute atomic E-state index is 0.00199. The number of aromatic nitrogens is 1. The van der Waals surface area contributed by atoms with Gasteiger partial charge in [0.2, 0.25) is 5.91 Å². The lowest BCUT2D eigenvalue weighted by atomic mass is 10.1. The number of Topliss-reactive ketones (excluding diaryl/α,β-unsaturated/α-hetero) is 1. The average molecular weight is 320 g/mol. The zero-order chi connectivity index (χ0) is 16.8. The van der Waals surface area contributed by atoms with Crippen molar-refractivity contribution in [2.45, 2.75) is 19.4 Å². The summed E-state index contributed by atoms with van der Waals surface area (Å²) in [4.78, 5) is 23.9. The summed E-state index contributed by atoms with van der Waals surface area (Å²) in [5.74, 6) is -0.0853. The highest BCUT2D eigenvalue weighted by molar-refractivity contribution is 5.97. The first kappa shape index (κ1) is 16.0. The summed E-state index contributed by atoms with van der Waals surface area (Å²) in [5, 5.41) is 4.07. The van der Waals surface area contributed by atoms with Gasteiger partial charge in [-0.05, 0) is 17.5 Å². The molecule has 0 saturated heterocycles. The summed E-state index contributed by atoms with van der Waals surface area (Å²) in [6.45, 7) is 1.27. The van der Waals surface area contributed by atoms with Gasteiger partial charge in [-0.2, -0.15) is 0 Å². The number of carbonyl (C=O) groups excluding carboxylic acids is 2. The molecule has 0 saturated carbocycles. The number of carbonyl (C=O) groups is 2. The molecule has 1 amide bonds. The molecular formula is C20H20N2O2. The minimum Gasteiger partial charge on any atom is -0.354 e. The van der Waals surface area contributed by atoms with Crippen LogP contribution in [0.4, 0.5) is 0 Å². The van der Waals surface area contributed by atoms with Crippen molar-refractivity contribution in [1.82, 2.24) is 9.88 Å². The van der Waals surface area contributed by atoms with E-state index >= 15 is 0 Å². The third kappa shape index (κ3) is 3.90. The molecule has 1 aromatic heterocycles. The zero-order valence-electron chi connectivity index (χ0n) is 13.4. The highest BCUT2D eigenvalue weighted by Gasteiger charge is 2.08. The van der Waals surface area contributed by atoms with Crippen molar-refractivity contribution in [3.8, 4) is 0 Å². The monoisotopic (exact) mass is 320 g/mol. The van der Waals surface area contributed by atoms with E-state index in [1.165, 1.54) is 5.39 Å². The summed E-state index contributed by atoms with van der Waals surface area (Å²) >= 11 is 0. The third-order valence-corrected chi connectivity index (χ3v) is 4.03. The predicted molar refractivity (Wildman–Crippen MR) is 95.0 cm³/mol. The van der Waals surface area contributed by atoms with E-state index in [9.17, 15) is 9.59 Å². The van der Waals surface area contributed by atoms with Crippen molar-refractivity contribution in [2.75, 3.05) is 6.54 Å². The Bertz CT molecular complexity index is 837. The quantitative estimate of drug-likeness (QED) is 0.678. The van der Waals surface area contributed by atoms with Crippen LogP contribution in [-0.4, -0.2) is 22.8 Å². The van der Waals surface area contributed by atoms with Crippen LogP contribution in [0.3, 0.4) is 0 Å². The van der Waals surface area contributed by atoms with Gasteiger partial charge in [0.05, 0.1) is 0 Å². The van der Waals surface area contributed by atoms with Gasteiger partial charge in [-0.3, -0.25) is 9.59 Å². The molecule has 0 fully saturated rings. The molecule has 2 aromatic carbocycles. The molecule has 0 unspecified atom stereocenters. The summed E-state index contributed by atoms with van der Waals surface area (Å²) in [7, 11) is 0. The highest BCUT2D eigenvalue weighted by Crippen LogP contribution is 2.14. The number of para-hydroxylation sites is 1. The van der Waals surface area contributed by atoms with Gasteiger partial charge in [0.25, 0.3) is 0 Å². The molecule has 0 radical (unpaired) electrons. The van der Waals surface area contributed by atoms with Gasteiger partial charge in [-0.15, -0.1) is 0 Å². The first-order chi connectivity index (χ1) is 11.7. The second-order valence-corrected chi connectivity index (χ2v) is 5.71. The third-order valence-electron chi connectivity index (χ3n) is 4.03. The molecule has 0 spiro atoms. The highest BCUT2D eigenvalue weighted by atomic mass is 16.2. The van der Waals surface area contributed by atoms with E-state index in [2.05, 4.69) is 28.1 Å². The van der Waals surface area contributed by atoms with Crippen LogP contribution in [0.1, 0.15) is 23.2 Å². The van der Waals surface area contributed by atoms with E-state index in [1.54, 1.807) is 12.1 Å². The Morgan fingerprint density at radius 1 is 0.875 bits per heavy atom. The Morgan fingerprint density at radius 2 is 1.62 bits per heavy atom. The molecule has 0 bridgehead atoms. The van der Waals surface area contributed by atoms with Crippen LogP contribution in [0.25, 0.3) is 10.9 Å². The predicted octanol–water partition coefficient (Wildman–Crippen LogP) is 3.42. The van der Waals surface area contributed by atoms with Crippen molar-refractivity contribution in [1.29, 1.82) is 0 Å². The topological polar surface area (TPSA) is 51.1 Å². The number of hydrogen-bond acceptors (Lipinski definition) is 2. The number of benzene rings is 2. The maximum absolute atomic E-state index is 12.0. The standard InChI is InChI=1S/C20H20N2O2/c23-19(17-7-2-1-3-8-17)10-11-20(24)21-13-15-22-14-12-16-6-4-5-9-18(16)22/h1-9,12,14H,10-11,13,15H2,(H,21,24). The van der Waals surface area contributed by atoms with Gasteiger partial charge in [0.15, 0.2) is 5.78 Å². The molecular weight excluding hydrogens is 300 g/mol. The summed E-state index contributed by atoms with van der Waals surface area (Å²) in [6.07, 6.45) is 2.48. The maximum atomic E-state index is 12.0. The molecule has 0 aliphatic rings. The van der Waals surface area contributed by atoms with Crippen LogP contribution in [-0.2, 0) is 11.3 Å². The minimum atomic E-state index is -0.0873. The lowest BCUT2D eigenvalue weighted by molar-refractivity contribution is -0.121. The van der Waals surface area contributed by atoms with E-state index in [1.807, 2.05) is 36.5 Å². The Kier molecular flexibility index (Phi) is 5.06. The normalized spacial score (nSPS) is 10.7. The number of nitrogens with one attached hydrogen (secondary N) is 1. The summed E-state index contributed by atoms with van der Waals surface area (Å²) in [5.41, 5.74) is 1.81. The SMILES string of the molecule is O=C(CCC(=O)c1ccccc1)NCCn1ccc2ccccc21. The van der Waals surface area contributed by atoms with Crippen LogP contribution in [0.5, 0.6) is 0 Å². The fraction of sp³-hybridized carbons (Fsp3) is 0.200. The largest absolute Gasteiger partial charge is 0.354 e. The number of amides is 1. The van der Waals surface area contributed by atoms with Gasteiger partial charge in [0.1, 0.15) is 0 Å². The molecule has 1 heterocycles. The fourth-order valence-corrected chi connectivity index (χ4v) is 2.74. The summed E-state index contributed by atoms with van der Waals surface area (Å²) < 4.78 is 2.12. The zero-order valence-corrected chi connectivity index (χ0v) is 13.4. The maximum Gasteiger partial charge on any atom is 0.220 e. The van der Waals surface area contributed by atoms with Gasteiger partial charge in [-0.1, -0.05) is 48.5 Å². The Hall–Kier alpha value is -2.88.